The van der Waals surface area contributed by atoms with E-state index in [-0.39, 0.29) is 21.5 Å². The number of carbonyl (C=O) groups is 2. The molecule has 1 aromatic rings. The van der Waals surface area contributed by atoms with E-state index in [2.05, 4.69) is 4.72 Å². The molecule has 0 atom stereocenters. The Balaban J connectivity index is 1.99. The zero-order valence-corrected chi connectivity index (χ0v) is 12.2. The molecule has 1 fully saturated rings. The molecule has 20 heavy (non-hydrogen) atoms. The van der Waals surface area contributed by atoms with Gasteiger partial charge in [-0.15, -0.1) is 11.3 Å². The van der Waals surface area contributed by atoms with E-state index < -0.39 is 16.0 Å². The Hall–Kier alpha value is -1.45. The summed E-state index contributed by atoms with van der Waals surface area (Å²) in [5.74, 6) is -1.44. The van der Waals surface area contributed by atoms with Crippen molar-refractivity contribution in [1.29, 1.82) is 0 Å². The van der Waals surface area contributed by atoms with Gasteiger partial charge in [0.25, 0.3) is 10.0 Å². The third-order valence-electron chi connectivity index (χ3n) is 2.93. The summed E-state index contributed by atoms with van der Waals surface area (Å²) in [6.07, 6.45) is 1.87. The molecule has 0 aliphatic carbocycles. The zero-order valence-electron chi connectivity index (χ0n) is 10.5. The molecule has 1 aromatic heterocycles. The molecule has 1 amide bonds. The molecule has 1 aliphatic heterocycles. The highest BCUT2D eigenvalue weighted by atomic mass is 32.2. The number of sulfonamides is 1. The van der Waals surface area contributed by atoms with Crippen molar-refractivity contribution >= 4 is 33.2 Å². The van der Waals surface area contributed by atoms with E-state index in [1.807, 2.05) is 0 Å². The quantitative estimate of drug-likeness (QED) is 0.815. The fraction of sp³-hybridized carbons (Fsp3) is 0.455. The van der Waals surface area contributed by atoms with Gasteiger partial charge in [-0.2, -0.15) is 0 Å². The normalized spacial score (nSPS) is 15.5. The SMILES string of the molecule is O=C(O)c1ccc(S(=O)(=O)NCC(=O)N2CCCC2)s1. The van der Waals surface area contributed by atoms with Gasteiger partial charge in [0.05, 0.1) is 6.54 Å². The van der Waals surface area contributed by atoms with Crippen molar-refractivity contribution in [3.05, 3.63) is 17.0 Å². The summed E-state index contributed by atoms with van der Waals surface area (Å²) in [6.45, 7) is 1.01. The number of hydrogen-bond donors (Lipinski definition) is 2. The summed E-state index contributed by atoms with van der Waals surface area (Å²) in [5, 5.41) is 8.76. The molecule has 0 saturated carbocycles. The maximum Gasteiger partial charge on any atom is 0.345 e. The van der Waals surface area contributed by atoms with Crippen LogP contribution in [0.5, 0.6) is 0 Å². The van der Waals surface area contributed by atoms with Gasteiger partial charge in [0.15, 0.2) is 0 Å². The highest BCUT2D eigenvalue weighted by molar-refractivity contribution is 7.91. The minimum absolute atomic E-state index is 0.0590. The van der Waals surface area contributed by atoms with Crippen LogP contribution >= 0.6 is 11.3 Å². The second kappa shape index (κ2) is 5.90. The number of nitrogens with one attached hydrogen (secondary N) is 1. The minimum atomic E-state index is -3.84. The van der Waals surface area contributed by atoms with Crippen LogP contribution in [0.1, 0.15) is 22.5 Å². The van der Waals surface area contributed by atoms with Crippen LogP contribution in [0.2, 0.25) is 0 Å². The number of carboxylic acids is 1. The molecule has 0 spiro atoms. The van der Waals surface area contributed by atoms with Crippen molar-refractivity contribution in [2.75, 3.05) is 19.6 Å². The Morgan fingerprint density at radius 2 is 1.95 bits per heavy atom. The Morgan fingerprint density at radius 1 is 1.30 bits per heavy atom. The van der Waals surface area contributed by atoms with Gasteiger partial charge in [0.1, 0.15) is 9.09 Å². The lowest BCUT2D eigenvalue weighted by molar-refractivity contribution is -0.128. The number of hydrogen-bond acceptors (Lipinski definition) is 5. The van der Waals surface area contributed by atoms with Crippen molar-refractivity contribution in [2.45, 2.75) is 17.1 Å². The van der Waals surface area contributed by atoms with E-state index in [4.69, 9.17) is 5.11 Å². The molecule has 0 radical (unpaired) electrons. The van der Waals surface area contributed by atoms with Crippen molar-refractivity contribution in [3.63, 3.8) is 0 Å². The van der Waals surface area contributed by atoms with Crippen LogP contribution in [-0.4, -0.2) is 49.9 Å². The molecular formula is C11H14N2O5S2. The van der Waals surface area contributed by atoms with E-state index in [1.165, 1.54) is 12.1 Å². The molecule has 110 valence electrons. The molecule has 1 aliphatic rings. The van der Waals surface area contributed by atoms with E-state index >= 15 is 0 Å². The molecule has 0 bridgehead atoms. The van der Waals surface area contributed by atoms with Gasteiger partial charge in [-0.1, -0.05) is 0 Å². The van der Waals surface area contributed by atoms with Crippen molar-refractivity contribution in [1.82, 2.24) is 9.62 Å². The predicted molar refractivity (Wildman–Crippen MR) is 72.3 cm³/mol. The fourth-order valence-corrected chi connectivity index (χ4v) is 4.05. The first-order valence-electron chi connectivity index (χ1n) is 6.01. The Bertz CT molecular complexity index is 617. The molecule has 0 unspecified atom stereocenters. The molecule has 2 N–H and O–H groups in total. The average Bonchev–Trinajstić information content (AvgIpc) is 3.06. The van der Waals surface area contributed by atoms with Crippen LogP contribution in [0.15, 0.2) is 16.3 Å². The number of amides is 1. The zero-order chi connectivity index (χ0) is 14.8. The fourth-order valence-electron chi connectivity index (χ4n) is 1.89. The van der Waals surface area contributed by atoms with Crippen LogP contribution in [-0.2, 0) is 14.8 Å². The number of thiophene rings is 1. The van der Waals surface area contributed by atoms with Crippen molar-refractivity contribution < 1.29 is 23.1 Å². The van der Waals surface area contributed by atoms with Crippen molar-refractivity contribution in [2.24, 2.45) is 0 Å². The molecule has 7 nitrogen and oxygen atoms in total. The van der Waals surface area contributed by atoms with Crippen LogP contribution in [0, 0.1) is 0 Å². The van der Waals surface area contributed by atoms with Gasteiger partial charge in [0, 0.05) is 13.1 Å². The number of rotatable bonds is 5. The number of aromatic carboxylic acids is 1. The standard InChI is InChI=1S/C11H14N2O5S2/c14-9(13-5-1-2-6-13)7-12-20(17,18)10-4-3-8(19-10)11(15)16/h3-4,12H,1-2,5-7H2,(H,15,16). The summed E-state index contributed by atoms with van der Waals surface area (Å²) in [5.41, 5.74) is 0. The van der Waals surface area contributed by atoms with Gasteiger partial charge in [-0.05, 0) is 25.0 Å². The third-order valence-corrected chi connectivity index (χ3v) is 5.90. The second-order valence-corrected chi connectivity index (χ2v) is 7.41. The first-order valence-corrected chi connectivity index (χ1v) is 8.31. The summed E-state index contributed by atoms with van der Waals surface area (Å²) >= 11 is 0.657. The van der Waals surface area contributed by atoms with Crippen molar-refractivity contribution in [3.8, 4) is 0 Å². The van der Waals surface area contributed by atoms with Crippen LogP contribution in [0.3, 0.4) is 0 Å². The van der Waals surface area contributed by atoms with Gasteiger partial charge in [-0.25, -0.2) is 17.9 Å². The Labute approximate surface area is 120 Å². The molecule has 2 rings (SSSR count). The monoisotopic (exact) mass is 318 g/mol. The first kappa shape index (κ1) is 14.9. The summed E-state index contributed by atoms with van der Waals surface area (Å²) in [6, 6.07) is 2.45. The summed E-state index contributed by atoms with van der Waals surface area (Å²) in [4.78, 5) is 24.0. The third kappa shape index (κ3) is 3.35. The molecular weight excluding hydrogens is 304 g/mol. The van der Waals surface area contributed by atoms with E-state index in [1.54, 1.807) is 4.90 Å². The molecule has 1 saturated heterocycles. The first-order chi connectivity index (χ1) is 9.40. The number of carbonyl (C=O) groups excluding carboxylic acids is 1. The Kier molecular flexibility index (Phi) is 4.41. The smallest absolute Gasteiger partial charge is 0.345 e. The van der Waals surface area contributed by atoms with Gasteiger partial charge < -0.3 is 10.0 Å². The number of carboxylic acid groups (broad SMARTS) is 1. The largest absolute Gasteiger partial charge is 0.477 e. The highest BCUT2D eigenvalue weighted by Crippen LogP contribution is 2.21. The molecule has 9 heteroatoms. The summed E-state index contributed by atoms with van der Waals surface area (Å²) < 4.78 is 25.9. The van der Waals surface area contributed by atoms with Crippen LogP contribution in [0.25, 0.3) is 0 Å². The molecule has 2 heterocycles. The average molecular weight is 318 g/mol. The highest BCUT2D eigenvalue weighted by Gasteiger charge is 2.22. The summed E-state index contributed by atoms with van der Waals surface area (Å²) in [7, 11) is -3.84. The van der Waals surface area contributed by atoms with Crippen LogP contribution in [0.4, 0.5) is 0 Å². The minimum Gasteiger partial charge on any atom is -0.477 e. The lowest BCUT2D eigenvalue weighted by Gasteiger charge is -2.15. The number of nitrogens with zero attached hydrogens (tertiary/aromatic N) is 1. The maximum absolute atomic E-state index is 11.9. The van der Waals surface area contributed by atoms with Crippen LogP contribution < -0.4 is 4.72 Å². The predicted octanol–water partition coefficient (Wildman–Crippen LogP) is 0.347. The van der Waals surface area contributed by atoms with Gasteiger partial charge in [0.2, 0.25) is 5.91 Å². The van der Waals surface area contributed by atoms with Gasteiger partial charge in [-0.3, -0.25) is 4.79 Å². The lowest BCUT2D eigenvalue weighted by atomic mass is 10.4. The maximum atomic E-state index is 11.9. The Morgan fingerprint density at radius 3 is 2.50 bits per heavy atom. The van der Waals surface area contributed by atoms with Gasteiger partial charge >= 0.3 is 5.97 Å². The topological polar surface area (TPSA) is 104 Å². The molecule has 0 aromatic carbocycles. The lowest BCUT2D eigenvalue weighted by Crippen LogP contribution is -2.38. The number of likely N-dealkylation sites (tertiary alicyclic amines) is 1. The van der Waals surface area contributed by atoms with E-state index in [0.29, 0.717) is 24.4 Å². The van der Waals surface area contributed by atoms with E-state index in [0.717, 1.165) is 12.8 Å². The second-order valence-electron chi connectivity index (χ2n) is 4.34. The van der Waals surface area contributed by atoms with E-state index in [9.17, 15) is 18.0 Å².